The van der Waals surface area contributed by atoms with Gasteiger partial charge in [-0.1, -0.05) is 72.8 Å². The van der Waals surface area contributed by atoms with Crippen LogP contribution in [0.15, 0.2) is 93.4 Å². The van der Waals surface area contributed by atoms with E-state index < -0.39 is 23.1 Å². The van der Waals surface area contributed by atoms with Crippen molar-refractivity contribution in [2.75, 3.05) is 0 Å². The van der Waals surface area contributed by atoms with Gasteiger partial charge in [-0.2, -0.15) is 0 Å². The third-order valence-electron chi connectivity index (χ3n) is 7.71. The fraction of sp³-hybridized carbons (Fsp3) is 0.133. The third kappa shape index (κ3) is 2.56. The number of hydrogen-bond donors (Lipinski definition) is 0. The number of aliphatic imine (C=N–C) groups is 1. The van der Waals surface area contributed by atoms with Crippen molar-refractivity contribution >= 4 is 38.9 Å². The van der Waals surface area contributed by atoms with E-state index in [0.717, 1.165) is 37.2 Å². The molecule has 0 fully saturated rings. The molecule has 1 aliphatic heterocycles. The number of aromatic nitrogens is 2. The van der Waals surface area contributed by atoms with Gasteiger partial charge in [-0.25, -0.2) is 9.79 Å². The minimum Gasteiger partial charge on any atom is -0.293 e. The summed E-state index contributed by atoms with van der Waals surface area (Å²) < 4.78 is 2.54. The van der Waals surface area contributed by atoms with Gasteiger partial charge in [-0.05, 0) is 33.2 Å². The third-order valence-corrected chi connectivity index (χ3v) is 7.71. The highest BCUT2D eigenvalue weighted by Gasteiger charge is 2.48. The maximum atomic E-state index is 14.0. The molecule has 36 heavy (non-hydrogen) atoms. The normalized spacial score (nSPS) is 18.2. The second kappa shape index (κ2) is 7.21. The van der Waals surface area contributed by atoms with Gasteiger partial charge in [0, 0.05) is 31.1 Å². The Labute approximate surface area is 205 Å². The second-order valence-corrected chi connectivity index (χ2v) is 9.54. The number of carbonyl (C=O) groups is 1. The standard InChI is InChI=1S/C30H21N3O3/c1-32-28-25(29(35)33(2)30(32)36)23(24-26(31-28)20-13-7-8-14-21(20)27(24)34)22-18-11-5-3-9-16(18)15-17-10-4-6-12-19(17)22/h3-15,23-24H,1-2H3/t23-,24+/m0/s1. The molecule has 6 heteroatoms. The Morgan fingerprint density at radius 2 is 1.25 bits per heavy atom. The van der Waals surface area contributed by atoms with Crippen LogP contribution in [0.3, 0.4) is 0 Å². The van der Waals surface area contributed by atoms with Crippen LogP contribution in [0.5, 0.6) is 0 Å². The van der Waals surface area contributed by atoms with E-state index in [1.807, 2.05) is 72.8 Å². The fourth-order valence-electron chi connectivity index (χ4n) is 6.06. The lowest BCUT2D eigenvalue weighted by Gasteiger charge is -2.31. The van der Waals surface area contributed by atoms with E-state index in [0.29, 0.717) is 22.7 Å². The van der Waals surface area contributed by atoms with Crippen LogP contribution in [-0.4, -0.2) is 20.6 Å². The highest BCUT2D eigenvalue weighted by molar-refractivity contribution is 6.30. The molecule has 4 aromatic carbocycles. The molecule has 7 rings (SSSR count). The van der Waals surface area contributed by atoms with Crippen LogP contribution in [0.25, 0.3) is 21.5 Å². The second-order valence-electron chi connectivity index (χ2n) is 9.54. The molecule has 0 saturated carbocycles. The molecule has 2 aliphatic rings. The van der Waals surface area contributed by atoms with Crippen LogP contribution in [0, 0.1) is 5.92 Å². The van der Waals surface area contributed by atoms with Crippen LogP contribution < -0.4 is 11.2 Å². The molecule has 2 heterocycles. The van der Waals surface area contributed by atoms with Crippen LogP contribution in [0.1, 0.15) is 33.0 Å². The zero-order chi connectivity index (χ0) is 24.7. The van der Waals surface area contributed by atoms with Crippen molar-refractivity contribution in [2.45, 2.75) is 5.92 Å². The summed E-state index contributed by atoms with van der Waals surface area (Å²) in [5, 5.41) is 4.02. The van der Waals surface area contributed by atoms with Crippen molar-refractivity contribution in [2.24, 2.45) is 25.0 Å². The highest BCUT2D eigenvalue weighted by atomic mass is 16.2. The summed E-state index contributed by atoms with van der Waals surface area (Å²) in [7, 11) is 3.11. The van der Waals surface area contributed by atoms with Crippen molar-refractivity contribution in [3.63, 3.8) is 0 Å². The van der Waals surface area contributed by atoms with E-state index in [2.05, 4.69) is 6.07 Å². The average molecular weight is 472 g/mol. The summed E-state index contributed by atoms with van der Waals surface area (Å²) in [6.07, 6.45) is 0. The Bertz CT molecular complexity index is 1890. The molecular weight excluding hydrogens is 450 g/mol. The van der Waals surface area contributed by atoms with Gasteiger partial charge in [0.1, 0.15) is 5.82 Å². The van der Waals surface area contributed by atoms with Crippen molar-refractivity contribution in [1.82, 2.24) is 9.13 Å². The molecular formula is C30H21N3O3. The average Bonchev–Trinajstić information content (AvgIpc) is 3.20. The van der Waals surface area contributed by atoms with E-state index in [4.69, 9.17) is 4.99 Å². The number of benzene rings is 4. The lowest BCUT2D eigenvalue weighted by molar-refractivity contribution is 0.0953. The number of ketones is 1. The zero-order valence-electron chi connectivity index (χ0n) is 19.7. The Kier molecular flexibility index (Phi) is 4.16. The van der Waals surface area contributed by atoms with Gasteiger partial charge in [-0.15, -0.1) is 0 Å². The molecule has 0 N–H and O–H groups in total. The molecule has 174 valence electrons. The minimum absolute atomic E-state index is 0.0482. The van der Waals surface area contributed by atoms with E-state index in [9.17, 15) is 14.4 Å². The van der Waals surface area contributed by atoms with E-state index in [1.165, 1.54) is 11.6 Å². The van der Waals surface area contributed by atoms with Crippen molar-refractivity contribution in [1.29, 1.82) is 0 Å². The molecule has 5 aromatic rings. The predicted molar refractivity (Wildman–Crippen MR) is 141 cm³/mol. The fourth-order valence-corrected chi connectivity index (χ4v) is 6.06. The maximum absolute atomic E-state index is 14.0. The van der Waals surface area contributed by atoms with Gasteiger partial charge in [0.15, 0.2) is 5.78 Å². The number of rotatable bonds is 1. The summed E-state index contributed by atoms with van der Waals surface area (Å²) in [6, 6.07) is 25.7. The molecule has 0 spiro atoms. The number of Topliss-reactive ketones (excluding diaryl/α,β-unsaturated/α-hetero) is 1. The van der Waals surface area contributed by atoms with E-state index in [-0.39, 0.29) is 5.78 Å². The first-order chi connectivity index (χ1) is 17.5. The topological polar surface area (TPSA) is 73.4 Å². The van der Waals surface area contributed by atoms with Crippen LogP contribution in [0.2, 0.25) is 0 Å². The number of hydrogen-bond acceptors (Lipinski definition) is 4. The first kappa shape index (κ1) is 20.8. The molecule has 0 bridgehead atoms. The van der Waals surface area contributed by atoms with Gasteiger partial charge < -0.3 is 0 Å². The summed E-state index contributed by atoms with van der Waals surface area (Å²) in [4.78, 5) is 45.5. The smallest absolute Gasteiger partial charge is 0.293 e. The van der Waals surface area contributed by atoms with Crippen LogP contribution >= 0.6 is 0 Å². The predicted octanol–water partition coefficient (Wildman–Crippen LogP) is 4.47. The van der Waals surface area contributed by atoms with Gasteiger partial charge in [0.05, 0.1) is 17.2 Å². The molecule has 0 saturated heterocycles. The van der Waals surface area contributed by atoms with E-state index >= 15 is 0 Å². The maximum Gasteiger partial charge on any atom is 0.332 e. The molecule has 0 radical (unpaired) electrons. The lowest BCUT2D eigenvalue weighted by atomic mass is 9.73. The quantitative estimate of drug-likeness (QED) is 0.339. The lowest BCUT2D eigenvalue weighted by Crippen LogP contribution is -2.43. The summed E-state index contributed by atoms with van der Waals surface area (Å²) >= 11 is 0. The first-order valence-electron chi connectivity index (χ1n) is 11.9. The van der Waals surface area contributed by atoms with Crippen molar-refractivity contribution in [3.05, 3.63) is 122 Å². The van der Waals surface area contributed by atoms with Crippen LogP contribution in [-0.2, 0) is 14.1 Å². The van der Waals surface area contributed by atoms with E-state index in [1.54, 1.807) is 7.05 Å². The van der Waals surface area contributed by atoms with Gasteiger partial charge in [0.25, 0.3) is 5.56 Å². The van der Waals surface area contributed by atoms with Crippen molar-refractivity contribution < 1.29 is 4.79 Å². The number of nitrogens with zero attached hydrogens (tertiary/aromatic N) is 3. The Morgan fingerprint density at radius 3 is 1.92 bits per heavy atom. The Balaban J connectivity index is 1.70. The molecule has 6 nitrogen and oxygen atoms in total. The zero-order valence-corrected chi connectivity index (χ0v) is 19.7. The summed E-state index contributed by atoms with van der Waals surface area (Å²) in [6.45, 7) is 0. The number of fused-ring (bicyclic) bond motifs is 6. The number of carbonyl (C=O) groups excluding carboxylic acids is 1. The van der Waals surface area contributed by atoms with Gasteiger partial charge >= 0.3 is 5.69 Å². The largest absolute Gasteiger partial charge is 0.332 e. The Hall–Kier alpha value is -4.58. The molecule has 2 atom stereocenters. The Morgan fingerprint density at radius 1 is 0.667 bits per heavy atom. The van der Waals surface area contributed by atoms with Gasteiger partial charge in [-0.3, -0.25) is 18.7 Å². The highest BCUT2D eigenvalue weighted by Crippen LogP contribution is 2.49. The molecule has 0 amide bonds. The SMILES string of the molecule is Cn1c2c(c(=O)n(C)c1=O)[C@@H](c1c3ccccc3cc3ccccc13)[C@H]1C(=O)c3ccccc3C1=N2. The van der Waals surface area contributed by atoms with Crippen molar-refractivity contribution in [3.8, 4) is 0 Å². The van der Waals surface area contributed by atoms with Crippen LogP contribution in [0.4, 0.5) is 5.82 Å². The van der Waals surface area contributed by atoms with Gasteiger partial charge in [0.2, 0.25) is 0 Å². The molecule has 1 aromatic heterocycles. The first-order valence-corrected chi connectivity index (χ1v) is 11.9. The molecule has 1 aliphatic carbocycles. The monoisotopic (exact) mass is 471 g/mol. The minimum atomic E-state index is -0.658. The summed E-state index contributed by atoms with van der Waals surface area (Å²) in [5.41, 5.74) is 2.43. The molecule has 0 unspecified atom stereocenters. The summed E-state index contributed by atoms with van der Waals surface area (Å²) in [5.74, 6) is -0.989.